The van der Waals surface area contributed by atoms with Gasteiger partial charge in [-0.15, -0.1) is 0 Å². The van der Waals surface area contributed by atoms with Crippen molar-refractivity contribution in [3.8, 4) is 0 Å². The molecule has 0 radical (unpaired) electrons. The van der Waals surface area contributed by atoms with E-state index in [0.29, 0.717) is 45.2 Å². The van der Waals surface area contributed by atoms with Gasteiger partial charge in [0, 0.05) is 19.5 Å². The Labute approximate surface area is 209 Å². The summed E-state index contributed by atoms with van der Waals surface area (Å²) >= 11 is 0. The number of aliphatic hydroxyl groups excluding tert-OH is 4. The Morgan fingerprint density at radius 2 is 1.86 bits per heavy atom. The number of carbonyl (C=O) groups is 3. The molecule has 2 heterocycles. The molecule has 0 spiro atoms. The lowest BCUT2D eigenvalue weighted by Crippen LogP contribution is -2.65. The number of carboxylic acids is 1. The van der Waals surface area contributed by atoms with Crippen LogP contribution in [0.5, 0.6) is 0 Å². The highest BCUT2D eigenvalue weighted by molar-refractivity contribution is 5.91. The predicted octanol–water partition coefficient (Wildman–Crippen LogP) is -3.79. The minimum atomic E-state index is -2.13. The van der Waals surface area contributed by atoms with Crippen molar-refractivity contribution >= 4 is 17.8 Å². The van der Waals surface area contributed by atoms with Gasteiger partial charge in [0.1, 0.15) is 36.5 Å². The van der Waals surface area contributed by atoms with Crippen LogP contribution in [0.15, 0.2) is 0 Å². The number of nitrogens with zero attached hydrogens (tertiary/aromatic N) is 1. The van der Waals surface area contributed by atoms with Gasteiger partial charge in [0.15, 0.2) is 5.79 Å². The lowest BCUT2D eigenvalue weighted by atomic mass is 9.91. The molecule has 14 heteroatoms. The van der Waals surface area contributed by atoms with Crippen LogP contribution in [0, 0.1) is 0 Å². The van der Waals surface area contributed by atoms with Crippen molar-refractivity contribution in [2.24, 2.45) is 5.73 Å². The maximum atomic E-state index is 12.5. The molecule has 0 saturated carbocycles. The van der Waals surface area contributed by atoms with E-state index in [4.69, 9.17) is 10.5 Å². The molecule has 14 nitrogen and oxygen atoms in total. The van der Waals surface area contributed by atoms with Crippen LogP contribution in [-0.2, 0) is 19.1 Å². The second-order valence-corrected chi connectivity index (χ2v) is 9.47. The highest BCUT2D eigenvalue weighted by atomic mass is 16.7. The summed E-state index contributed by atoms with van der Waals surface area (Å²) < 4.78 is 5.19. The molecule has 2 aliphatic heterocycles. The average molecular weight is 521 g/mol. The quantitative estimate of drug-likeness (QED) is 0.106. The number of unbranched alkanes of at least 4 members (excludes halogenated alkanes) is 1. The fourth-order valence-electron chi connectivity index (χ4n) is 4.48. The number of nitrogens with two attached hydrogens (primary N) is 1. The zero-order valence-electron chi connectivity index (χ0n) is 20.5. The van der Waals surface area contributed by atoms with E-state index < -0.39 is 72.7 Å². The minimum absolute atomic E-state index is 0.109. The number of carbonyl (C=O) groups excluding carboxylic acids is 2. The van der Waals surface area contributed by atoms with Gasteiger partial charge in [-0.25, -0.2) is 4.79 Å². The van der Waals surface area contributed by atoms with E-state index in [2.05, 4.69) is 10.6 Å². The maximum Gasteiger partial charge on any atom is 0.326 e. The number of likely N-dealkylation sites (tertiary alicyclic amines) is 1. The Hall–Kier alpha value is -1.91. The Kier molecular flexibility index (Phi) is 11.4. The fourth-order valence-corrected chi connectivity index (χ4v) is 4.48. The zero-order chi connectivity index (χ0) is 27.0. The number of aliphatic carboxylic acids is 1. The fraction of sp³-hybridized carbons (Fsp3) is 0.864. The lowest BCUT2D eigenvalue weighted by Gasteiger charge is -2.45. The first-order valence-electron chi connectivity index (χ1n) is 12.3. The molecule has 2 saturated heterocycles. The molecule has 0 bridgehead atoms. The van der Waals surface area contributed by atoms with E-state index in [9.17, 15) is 45.0 Å². The summed E-state index contributed by atoms with van der Waals surface area (Å²) in [6, 6.07) is -2.61. The number of nitrogens with one attached hydrogen (secondary N) is 2. The molecule has 2 rings (SSSR count). The van der Waals surface area contributed by atoms with Gasteiger partial charge in [-0.05, 0) is 39.2 Å². The van der Waals surface area contributed by atoms with E-state index in [1.165, 1.54) is 11.8 Å². The van der Waals surface area contributed by atoms with Crippen molar-refractivity contribution in [1.82, 2.24) is 15.5 Å². The van der Waals surface area contributed by atoms with Gasteiger partial charge in [-0.3, -0.25) is 9.59 Å². The number of hydrogen-bond donors (Lipinski definition) is 9. The molecule has 0 aromatic heterocycles. The summed E-state index contributed by atoms with van der Waals surface area (Å²) in [7, 11) is 0. The van der Waals surface area contributed by atoms with E-state index in [1.807, 2.05) is 0 Å². The molecule has 36 heavy (non-hydrogen) atoms. The predicted molar refractivity (Wildman–Crippen MR) is 124 cm³/mol. The van der Waals surface area contributed by atoms with Crippen LogP contribution in [0.3, 0.4) is 0 Å². The van der Waals surface area contributed by atoms with Crippen LogP contribution in [0.2, 0.25) is 0 Å². The molecule has 8 atom stereocenters. The summed E-state index contributed by atoms with van der Waals surface area (Å²) in [5.74, 6) is -4.15. The van der Waals surface area contributed by atoms with Gasteiger partial charge in [-0.2, -0.15) is 0 Å². The molecule has 2 amide bonds. The number of amides is 2. The Morgan fingerprint density at radius 3 is 2.50 bits per heavy atom. The summed E-state index contributed by atoms with van der Waals surface area (Å²) in [5, 5.41) is 64.2. The Balaban J connectivity index is 1.64. The number of rotatable bonds is 13. The van der Waals surface area contributed by atoms with Crippen LogP contribution in [0.25, 0.3) is 0 Å². The first-order valence-corrected chi connectivity index (χ1v) is 12.3. The molecular formula is C22H40N4O10. The van der Waals surface area contributed by atoms with E-state index in [0.717, 1.165) is 0 Å². The molecule has 2 aliphatic rings. The third-order valence-corrected chi connectivity index (χ3v) is 6.72. The van der Waals surface area contributed by atoms with Gasteiger partial charge in [0.25, 0.3) is 0 Å². The zero-order valence-corrected chi connectivity index (χ0v) is 20.5. The SMILES string of the molecule is CC(NC(=O)C(N)CCCCNCCC1(O)OC(CO)C(O)C(O)C1O)C(=O)N1CCCC1C(=O)O. The highest BCUT2D eigenvalue weighted by Gasteiger charge is 2.52. The molecular weight excluding hydrogens is 480 g/mol. The third-order valence-electron chi connectivity index (χ3n) is 6.72. The van der Waals surface area contributed by atoms with Crippen LogP contribution >= 0.6 is 0 Å². The third kappa shape index (κ3) is 7.55. The van der Waals surface area contributed by atoms with Gasteiger partial charge in [-0.1, -0.05) is 6.42 Å². The normalized spacial score (nSPS) is 32.2. The summed E-state index contributed by atoms with van der Waals surface area (Å²) in [5.41, 5.74) is 5.92. The number of carboxylic acid groups (broad SMARTS) is 1. The van der Waals surface area contributed by atoms with E-state index >= 15 is 0 Å². The molecule has 8 unspecified atom stereocenters. The first-order chi connectivity index (χ1) is 16.9. The smallest absolute Gasteiger partial charge is 0.326 e. The van der Waals surface area contributed by atoms with Crippen LogP contribution in [0.4, 0.5) is 0 Å². The van der Waals surface area contributed by atoms with Crippen molar-refractivity contribution in [1.29, 1.82) is 0 Å². The van der Waals surface area contributed by atoms with Gasteiger partial charge in [0.05, 0.1) is 12.6 Å². The van der Waals surface area contributed by atoms with Crippen molar-refractivity contribution in [2.75, 3.05) is 26.2 Å². The lowest BCUT2D eigenvalue weighted by molar-refractivity contribution is -0.350. The van der Waals surface area contributed by atoms with Gasteiger partial charge >= 0.3 is 5.97 Å². The minimum Gasteiger partial charge on any atom is -0.480 e. The van der Waals surface area contributed by atoms with Gasteiger partial charge < -0.3 is 56.6 Å². The van der Waals surface area contributed by atoms with Crippen LogP contribution in [0.1, 0.15) is 45.4 Å². The first kappa shape index (κ1) is 30.3. The average Bonchev–Trinajstić information content (AvgIpc) is 3.34. The van der Waals surface area contributed by atoms with E-state index in [1.54, 1.807) is 0 Å². The van der Waals surface area contributed by atoms with Crippen LogP contribution < -0.4 is 16.4 Å². The molecule has 0 aliphatic carbocycles. The second-order valence-electron chi connectivity index (χ2n) is 9.47. The Bertz CT molecular complexity index is 756. The highest BCUT2D eigenvalue weighted by Crippen LogP contribution is 2.30. The van der Waals surface area contributed by atoms with Crippen molar-refractivity contribution in [3.63, 3.8) is 0 Å². The molecule has 10 N–H and O–H groups in total. The molecule has 0 aromatic rings. The van der Waals surface area contributed by atoms with Crippen molar-refractivity contribution in [2.45, 2.75) is 93.8 Å². The van der Waals surface area contributed by atoms with Crippen LogP contribution in [-0.4, -0.2) is 128 Å². The topological polar surface area (TPSA) is 235 Å². The summed E-state index contributed by atoms with van der Waals surface area (Å²) in [6.07, 6.45) is -3.73. The van der Waals surface area contributed by atoms with Crippen molar-refractivity contribution in [3.05, 3.63) is 0 Å². The number of aliphatic hydroxyl groups is 5. The van der Waals surface area contributed by atoms with E-state index in [-0.39, 0.29) is 13.0 Å². The molecule has 2 fully saturated rings. The summed E-state index contributed by atoms with van der Waals surface area (Å²) in [4.78, 5) is 37.4. The number of ether oxygens (including phenoxy) is 1. The number of hydrogen-bond acceptors (Lipinski definition) is 11. The standard InChI is InChI=1S/C22H40N4O10/c1-12(20(32)26-10-4-6-14(26)21(33)34)25-19(31)13(23)5-2-3-8-24-9-7-22(35)18(30)17(29)16(28)15(11-27)36-22/h12-18,24,27-30,35H,2-11,23H2,1H3,(H,25,31)(H,33,34). The van der Waals surface area contributed by atoms with Crippen molar-refractivity contribution < 1.29 is 49.8 Å². The monoisotopic (exact) mass is 520 g/mol. The Morgan fingerprint density at radius 1 is 1.17 bits per heavy atom. The molecule has 0 aromatic carbocycles. The molecule has 208 valence electrons. The van der Waals surface area contributed by atoms with Gasteiger partial charge in [0.2, 0.25) is 11.8 Å². The second kappa shape index (κ2) is 13.6. The maximum absolute atomic E-state index is 12.5. The summed E-state index contributed by atoms with van der Waals surface area (Å²) in [6.45, 7) is 1.90. The largest absolute Gasteiger partial charge is 0.480 e.